The summed E-state index contributed by atoms with van der Waals surface area (Å²) in [6, 6.07) is 8.39. The lowest BCUT2D eigenvalue weighted by Crippen LogP contribution is -2.48. The summed E-state index contributed by atoms with van der Waals surface area (Å²) in [4.78, 5) is 57.0. The topological polar surface area (TPSA) is 145 Å². The van der Waals surface area contributed by atoms with Gasteiger partial charge >= 0.3 is 18.2 Å². The van der Waals surface area contributed by atoms with Crippen molar-refractivity contribution < 1.29 is 46.9 Å². The molecule has 3 amide bonds. The predicted octanol–water partition coefficient (Wildman–Crippen LogP) is 7.60. The summed E-state index contributed by atoms with van der Waals surface area (Å²) in [6.07, 6.45) is 1.26. The van der Waals surface area contributed by atoms with Crippen molar-refractivity contribution in [3.05, 3.63) is 70.9 Å². The predicted molar refractivity (Wildman–Crippen MR) is 197 cm³/mol. The molecule has 2 atom stereocenters. The van der Waals surface area contributed by atoms with E-state index < -0.39 is 53.1 Å². The van der Waals surface area contributed by atoms with E-state index in [4.69, 9.17) is 30.5 Å². The molecule has 0 aliphatic heterocycles. The molecule has 12 nitrogen and oxygen atoms in total. The van der Waals surface area contributed by atoms with E-state index in [-0.39, 0.29) is 49.4 Å². The number of nitrogens with one attached hydrogen (secondary N) is 2. The largest absolute Gasteiger partial charge is 0.464 e. The molecule has 0 aliphatic carbocycles. The van der Waals surface area contributed by atoms with E-state index in [1.54, 1.807) is 40.0 Å². The summed E-state index contributed by atoms with van der Waals surface area (Å²) in [7, 11) is 1.57. The number of rotatable bonds is 16. The summed E-state index contributed by atoms with van der Waals surface area (Å²) < 4.78 is 49.6. The third-order valence-corrected chi connectivity index (χ3v) is 8.16. The van der Waals surface area contributed by atoms with E-state index in [0.29, 0.717) is 35.6 Å². The highest BCUT2D eigenvalue weighted by atomic mass is 35.5. The number of fused-ring (bicyclic) bond motifs is 1. The van der Waals surface area contributed by atoms with Crippen molar-refractivity contribution >= 4 is 52.3 Å². The molecule has 1 aromatic heterocycles. The van der Waals surface area contributed by atoms with Gasteiger partial charge in [0.15, 0.2) is 6.04 Å². The number of hydrogen-bond donors (Lipinski definition) is 2. The second-order valence-electron chi connectivity index (χ2n) is 14.4. The number of anilines is 1. The van der Waals surface area contributed by atoms with Gasteiger partial charge in [0.2, 0.25) is 5.91 Å². The maximum atomic E-state index is 13.9. The van der Waals surface area contributed by atoms with E-state index in [1.807, 2.05) is 20.8 Å². The van der Waals surface area contributed by atoms with Crippen LogP contribution in [0.1, 0.15) is 72.8 Å². The van der Waals surface area contributed by atoms with Crippen LogP contribution in [-0.2, 0) is 35.0 Å². The average Bonchev–Trinajstić information content (AvgIpc) is 3.06. The molecule has 2 N–H and O–H groups in total. The zero-order chi connectivity index (χ0) is 39.3. The molecule has 0 aliphatic rings. The zero-order valence-corrected chi connectivity index (χ0v) is 32.0. The van der Waals surface area contributed by atoms with E-state index in [0.717, 1.165) is 0 Å². The Morgan fingerprint density at radius 2 is 1.64 bits per heavy atom. The number of nitrogens with zero attached hydrogens (tertiary/aromatic N) is 2. The van der Waals surface area contributed by atoms with Crippen molar-refractivity contribution in [3.63, 3.8) is 0 Å². The number of pyridine rings is 1. The first kappa shape index (κ1) is 42.8. The Labute approximate surface area is 313 Å². The molecule has 15 heteroatoms. The number of ether oxygens (including phenoxy) is 4. The SMILES string of the molecule is CN(C(=O)CCc1cccc(F)c1Cl)[C@@H](CCCCOC(=O)[C@H](COC(C)(C)C)NC(=O)OC(C)(C)C)COC(=O)Nc1cc2cc(F)ccc2cn1. The van der Waals surface area contributed by atoms with Crippen molar-refractivity contribution in [2.24, 2.45) is 0 Å². The van der Waals surface area contributed by atoms with Gasteiger partial charge in [0.1, 0.15) is 29.7 Å². The van der Waals surface area contributed by atoms with Crippen LogP contribution in [-0.4, -0.2) is 84.1 Å². The smallest absolute Gasteiger partial charge is 0.412 e. The second kappa shape index (κ2) is 19.5. The van der Waals surface area contributed by atoms with Crippen molar-refractivity contribution in [2.75, 3.05) is 32.2 Å². The summed E-state index contributed by atoms with van der Waals surface area (Å²) >= 11 is 6.08. The normalized spacial score (nSPS) is 12.8. The first-order valence-corrected chi connectivity index (χ1v) is 17.7. The number of alkyl carbamates (subject to hydrolysis) is 1. The van der Waals surface area contributed by atoms with Gasteiger partial charge in [-0.05, 0) is 109 Å². The van der Waals surface area contributed by atoms with Gasteiger partial charge in [0.05, 0.1) is 29.9 Å². The first-order chi connectivity index (χ1) is 24.8. The number of carbonyl (C=O) groups excluding carboxylic acids is 4. The maximum Gasteiger partial charge on any atom is 0.412 e. The fourth-order valence-electron chi connectivity index (χ4n) is 4.95. The fraction of sp³-hybridized carbons (Fsp3) is 0.500. The molecular formula is C38H49ClF2N4O8. The monoisotopic (exact) mass is 762 g/mol. The van der Waals surface area contributed by atoms with Crippen LogP contribution in [0.15, 0.2) is 48.7 Å². The molecule has 0 saturated heterocycles. The van der Waals surface area contributed by atoms with Gasteiger partial charge in [-0.2, -0.15) is 0 Å². The van der Waals surface area contributed by atoms with Gasteiger partial charge in [-0.25, -0.2) is 28.1 Å². The van der Waals surface area contributed by atoms with Crippen LogP contribution in [0.3, 0.4) is 0 Å². The van der Waals surface area contributed by atoms with E-state index >= 15 is 0 Å². The van der Waals surface area contributed by atoms with Gasteiger partial charge in [-0.3, -0.25) is 10.1 Å². The molecule has 0 unspecified atom stereocenters. The molecule has 0 radical (unpaired) electrons. The van der Waals surface area contributed by atoms with E-state index in [1.165, 1.54) is 41.4 Å². The molecule has 1 heterocycles. The van der Waals surface area contributed by atoms with Crippen LogP contribution in [0.25, 0.3) is 10.8 Å². The van der Waals surface area contributed by atoms with Gasteiger partial charge in [-0.15, -0.1) is 0 Å². The molecule has 53 heavy (non-hydrogen) atoms. The highest BCUT2D eigenvalue weighted by Crippen LogP contribution is 2.22. The molecule has 290 valence electrons. The summed E-state index contributed by atoms with van der Waals surface area (Å²) in [5.74, 6) is -1.86. The highest BCUT2D eigenvalue weighted by molar-refractivity contribution is 6.31. The molecule has 0 bridgehead atoms. The first-order valence-electron chi connectivity index (χ1n) is 17.3. The summed E-state index contributed by atoms with van der Waals surface area (Å²) in [5.41, 5.74) is -0.877. The summed E-state index contributed by atoms with van der Waals surface area (Å²) in [5, 5.41) is 6.20. The Morgan fingerprint density at radius 1 is 0.906 bits per heavy atom. The Bertz CT molecular complexity index is 1730. The fourth-order valence-corrected chi connectivity index (χ4v) is 5.17. The third kappa shape index (κ3) is 15.1. The number of unbranched alkanes of at least 4 members (excludes halogenated alkanes) is 1. The summed E-state index contributed by atoms with van der Waals surface area (Å²) in [6.45, 7) is 10.2. The number of esters is 1. The van der Waals surface area contributed by atoms with E-state index in [9.17, 15) is 28.0 Å². The molecule has 2 aromatic carbocycles. The molecule has 3 rings (SSSR count). The highest BCUT2D eigenvalue weighted by Gasteiger charge is 2.28. The van der Waals surface area contributed by atoms with Gasteiger partial charge in [0, 0.05) is 25.1 Å². The van der Waals surface area contributed by atoms with Crippen molar-refractivity contribution in [1.82, 2.24) is 15.2 Å². The molecule has 3 aromatic rings. The van der Waals surface area contributed by atoms with E-state index in [2.05, 4.69) is 15.6 Å². The third-order valence-electron chi connectivity index (χ3n) is 7.74. The van der Waals surface area contributed by atoms with Crippen molar-refractivity contribution in [3.8, 4) is 0 Å². The second-order valence-corrected chi connectivity index (χ2v) is 14.8. The average molecular weight is 763 g/mol. The molecule has 0 spiro atoms. The van der Waals surface area contributed by atoms with Gasteiger partial charge < -0.3 is 29.2 Å². The number of carbonyl (C=O) groups is 4. The Hall–Kier alpha value is -4.56. The molecular weight excluding hydrogens is 714 g/mol. The van der Waals surface area contributed by atoms with Gasteiger partial charge in [0.25, 0.3) is 0 Å². The number of hydrogen-bond acceptors (Lipinski definition) is 9. The Balaban J connectivity index is 1.61. The maximum absolute atomic E-state index is 13.9. The zero-order valence-electron chi connectivity index (χ0n) is 31.2. The lowest BCUT2D eigenvalue weighted by atomic mass is 10.1. The standard InChI is InChI=1S/C38H49ClF2N4O8/c1-37(2,3)52-23-30(43-36(49)53-38(4,5)6)34(47)50-18-9-8-12-28(45(7)32(46)17-15-24-11-10-13-29(41)33(24)39)22-51-35(48)44-31-20-26-19-27(40)16-14-25(26)21-42-31/h10-11,13-14,16,19-21,28,30H,8-9,12,15,17-18,22-23H2,1-7H3,(H,43,49)(H,42,44,48)/t28-,30-/m0/s1. The van der Waals surface area contributed by atoms with Crippen LogP contribution < -0.4 is 10.6 Å². The number of aromatic nitrogens is 1. The quantitative estimate of drug-likeness (QED) is 0.0856. The Morgan fingerprint density at radius 3 is 2.34 bits per heavy atom. The number of amides is 3. The van der Waals surface area contributed by atoms with Crippen LogP contribution in [0.2, 0.25) is 5.02 Å². The molecule has 0 saturated carbocycles. The molecule has 0 fully saturated rings. The lowest BCUT2D eigenvalue weighted by Gasteiger charge is -2.28. The van der Waals surface area contributed by atoms with Crippen molar-refractivity contribution in [2.45, 2.75) is 96.9 Å². The van der Waals surface area contributed by atoms with Crippen LogP contribution >= 0.6 is 11.6 Å². The minimum absolute atomic E-state index is 0.00112. The lowest BCUT2D eigenvalue weighted by molar-refractivity contribution is -0.149. The number of halogens is 3. The number of benzene rings is 2. The van der Waals surface area contributed by atoms with Crippen LogP contribution in [0.5, 0.6) is 0 Å². The minimum atomic E-state index is -1.12. The Kier molecular flexibility index (Phi) is 15.8. The van der Waals surface area contributed by atoms with Crippen LogP contribution in [0, 0.1) is 11.6 Å². The van der Waals surface area contributed by atoms with Crippen LogP contribution in [0.4, 0.5) is 24.2 Å². The number of likely N-dealkylation sites (N-methyl/N-ethyl adjacent to an activating group) is 1. The van der Waals surface area contributed by atoms with Crippen molar-refractivity contribution in [1.29, 1.82) is 0 Å². The number of aryl methyl sites for hydroxylation is 1. The minimum Gasteiger partial charge on any atom is -0.464 e. The van der Waals surface area contributed by atoms with Gasteiger partial charge in [-0.1, -0.05) is 23.7 Å².